The van der Waals surface area contributed by atoms with Crippen molar-refractivity contribution in [1.82, 2.24) is 10.4 Å². The lowest BCUT2D eigenvalue weighted by Crippen LogP contribution is -2.17. The van der Waals surface area contributed by atoms with Crippen molar-refractivity contribution in [2.75, 3.05) is 20.0 Å². The smallest absolute Gasteiger partial charge is 0.283 e. The first kappa shape index (κ1) is 16.6. The molecule has 2 aromatic rings. The van der Waals surface area contributed by atoms with Gasteiger partial charge < -0.3 is 20.3 Å². The number of aromatic hydroxyl groups is 1. The number of hydrazone groups is 1. The molecule has 0 saturated heterocycles. The molecule has 1 heterocycles. The van der Waals surface area contributed by atoms with Gasteiger partial charge in [0, 0.05) is 5.56 Å². The highest BCUT2D eigenvalue weighted by Crippen LogP contribution is 2.36. The fourth-order valence-electron chi connectivity index (χ4n) is 1.83. The van der Waals surface area contributed by atoms with E-state index in [4.69, 9.17) is 15.2 Å². The number of anilines is 1. The number of nitrogens with two attached hydrogens (primary N) is 1. The second kappa shape index (κ2) is 6.97. The van der Waals surface area contributed by atoms with Gasteiger partial charge in [-0.1, -0.05) is 11.3 Å². The van der Waals surface area contributed by atoms with E-state index in [2.05, 4.69) is 15.5 Å². The number of aryl methyl sites for hydroxylation is 1. The number of carbonyl (C=O) groups is 1. The van der Waals surface area contributed by atoms with E-state index in [1.165, 1.54) is 20.4 Å². The molecule has 9 heteroatoms. The zero-order valence-electron chi connectivity index (χ0n) is 12.8. The maximum atomic E-state index is 12.0. The summed E-state index contributed by atoms with van der Waals surface area (Å²) in [6.45, 7) is 1.70. The molecule has 0 atom stereocenters. The number of phenolic OH excluding ortho intramolecular Hbond substituents is 1. The highest BCUT2D eigenvalue weighted by molar-refractivity contribution is 7.17. The zero-order chi connectivity index (χ0) is 17.0. The minimum absolute atomic E-state index is 0.105. The molecule has 1 aromatic carbocycles. The van der Waals surface area contributed by atoms with Crippen LogP contribution in [0.4, 0.5) is 5.13 Å². The number of phenols is 1. The Labute approximate surface area is 136 Å². The number of aromatic nitrogens is 1. The molecule has 1 amide bonds. The number of ether oxygens (including phenoxy) is 2. The van der Waals surface area contributed by atoms with Crippen LogP contribution < -0.4 is 20.6 Å². The average molecular weight is 336 g/mol. The Bertz CT molecular complexity index is 732. The van der Waals surface area contributed by atoms with Gasteiger partial charge in [-0.3, -0.25) is 4.79 Å². The van der Waals surface area contributed by atoms with Crippen molar-refractivity contribution in [3.05, 3.63) is 28.3 Å². The van der Waals surface area contributed by atoms with E-state index < -0.39 is 5.91 Å². The summed E-state index contributed by atoms with van der Waals surface area (Å²) >= 11 is 1.09. The molecule has 23 heavy (non-hydrogen) atoms. The largest absolute Gasteiger partial charge is 0.502 e. The molecule has 8 nitrogen and oxygen atoms in total. The summed E-state index contributed by atoms with van der Waals surface area (Å²) in [5.41, 5.74) is 9.08. The molecule has 0 bridgehead atoms. The topological polar surface area (TPSA) is 119 Å². The van der Waals surface area contributed by atoms with Crippen LogP contribution in [0.1, 0.15) is 20.9 Å². The van der Waals surface area contributed by atoms with Crippen molar-refractivity contribution in [1.29, 1.82) is 0 Å². The number of methoxy groups -OCH3 is 2. The van der Waals surface area contributed by atoms with Gasteiger partial charge in [-0.2, -0.15) is 5.10 Å². The summed E-state index contributed by atoms with van der Waals surface area (Å²) in [5, 5.41) is 14.0. The first-order valence-corrected chi connectivity index (χ1v) is 7.29. The highest BCUT2D eigenvalue weighted by Gasteiger charge is 2.13. The van der Waals surface area contributed by atoms with Crippen molar-refractivity contribution in [2.45, 2.75) is 6.92 Å². The number of benzene rings is 1. The number of carbonyl (C=O) groups excluding carboxylic acids is 1. The summed E-state index contributed by atoms with van der Waals surface area (Å²) in [6.07, 6.45) is 1.40. The normalized spacial score (nSPS) is 10.7. The zero-order valence-corrected chi connectivity index (χ0v) is 13.6. The Morgan fingerprint density at radius 3 is 2.48 bits per heavy atom. The number of nitrogen functional groups attached to an aromatic ring is 1. The maximum Gasteiger partial charge on any atom is 0.283 e. The first-order chi connectivity index (χ1) is 11.0. The Hall–Kier alpha value is -2.81. The van der Waals surface area contributed by atoms with Crippen molar-refractivity contribution < 1.29 is 19.4 Å². The van der Waals surface area contributed by atoms with Crippen LogP contribution in [0.5, 0.6) is 17.2 Å². The van der Waals surface area contributed by atoms with E-state index in [0.29, 0.717) is 21.3 Å². The standard InChI is InChI=1S/C14H16N4O4S/c1-7-12(23-14(15)17-7)13(20)18-16-6-8-4-9(21-2)11(19)10(5-8)22-3/h4-6,19H,1-3H3,(H2,15,17)(H,18,20)/b16-6-. The lowest BCUT2D eigenvalue weighted by Gasteiger charge is -2.09. The predicted octanol–water partition coefficient (Wildman–Crippen LogP) is 1.52. The Morgan fingerprint density at radius 2 is 2.00 bits per heavy atom. The Kier molecular flexibility index (Phi) is 5.02. The van der Waals surface area contributed by atoms with Crippen molar-refractivity contribution >= 4 is 28.6 Å². The number of nitrogens with zero attached hydrogens (tertiary/aromatic N) is 2. The van der Waals surface area contributed by atoms with Gasteiger partial charge in [-0.05, 0) is 19.1 Å². The molecule has 2 rings (SSSR count). The van der Waals surface area contributed by atoms with E-state index >= 15 is 0 Å². The van der Waals surface area contributed by atoms with Gasteiger partial charge in [0.2, 0.25) is 5.75 Å². The number of rotatable bonds is 5. The Balaban J connectivity index is 2.14. The third kappa shape index (κ3) is 3.69. The SMILES string of the molecule is COc1cc(/C=N\NC(=O)c2sc(N)nc2C)cc(OC)c1O. The molecule has 0 radical (unpaired) electrons. The predicted molar refractivity (Wildman–Crippen MR) is 87.5 cm³/mol. The lowest BCUT2D eigenvalue weighted by atomic mass is 10.2. The number of hydrogen-bond acceptors (Lipinski definition) is 8. The fourth-order valence-corrected chi connectivity index (χ4v) is 2.56. The minimum atomic E-state index is -0.398. The minimum Gasteiger partial charge on any atom is -0.502 e. The van der Waals surface area contributed by atoms with Crippen LogP contribution in [0.25, 0.3) is 0 Å². The van der Waals surface area contributed by atoms with E-state index in [-0.39, 0.29) is 17.2 Å². The number of amides is 1. The molecule has 0 aliphatic heterocycles. The third-order valence-corrected chi connectivity index (χ3v) is 3.89. The maximum absolute atomic E-state index is 12.0. The lowest BCUT2D eigenvalue weighted by molar-refractivity contribution is 0.0958. The van der Waals surface area contributed by atoms with Crippen LogP contribution >= 0.6 is 11.3 Å². The van der Waals surface area contributed by atoms with Crippen LogP contribution in [0.15, 0.2) is 17.2 Å². The monoisotopic (exact) mass is 336 g/mol. The summed E-state index contributed by atoms with van der Waals surface area (Å²) in [6, 6.07) is 3.12. The summed E-state index contributed by atoms with van der Waals surface area (Å²) in [5.74, 6) is -0.0241. The van der Waals surface area contributed by atoms with Gasteiger partial charge in [0.25, 0.3) is 5.91 Å². The number of hydrogen-bond donors (Lipinski definition) is 3. The Morgan fingerprint density at radius 1 is 1.39 bits per heavy atom. The van der Waals surface area contributed by atoms with Crippen LogP contribution in [0.2, 0.25) is 0 Å². The van der Waals surface area contributed by atoms with Gasteiger partial charge in [-0.25, -0.2) is 10.4 Å². The van der Waals surface area contributed by atoms with Crippen LogP contribution in [-0.2, 0) is 0 Å². The number of nitrogens with one attached hydrogen (secondary N) is 1. The van der Waals surface area contributed by atoms with Crippen molar-refractivity contribution in [3.63, 3.8) is 0 Å². The molecular formula is C14H16N4O4S. The van der Waals surface area contributed by atoms with Crippen LogP contribution in [-0.4, -0.2) is 36.4 Å². The van der Waals surface area contributed by atoms with Crippen LogP contribution in [0.3, 0.4) is 0 Å². The summed E-state index contributed by atoms with van der Waals surface area (Å²) in [4.78, 5) is 16.3. The molecular weight excluding hydrogens is 320 g/mol. The molecule has 122 valence electrons. The van der Waals surface area contributed by atoms with Gasteiger partial charge in [0.15, 0.2) is 16.6 Å². The molecule has 0 spiro atoms. The molecule has 0 saturated carbocycles. The van der Waals surface area contributed by atoms with E-state index in [0.717, 1.165) is 11.3 Å². The average Bonchev–Trinajstić information content (AvgIpc) is 2.87. The molecule has 0 fully saturated rings. The van der Waals surface area contributed by atoms with E-state index in [1.807, 2.05) is 0 Å². The molecule has 0 aliphatic rings. The summed E-state index contributed by atoms with van der Waals surface area (Å²) in [7, 11) is 2.85. The van der Waals surface area contributed by atoms with Crippen molar-refractivity contribution in [2.24, 2.45) is 5.10 Å². The second-order valence-corrected chi connectivity index (χ2v) is 5.47. The first-order valence-electron chi connectivity index (χ1n) is 6.47. The molecule has 0 unspecified atom stereocenters. The van der Waals surface area contributed by atoms with Crippen molar-refractivity contribution in [3.8, 4) is 17.2 Å². The quantitative estimate of drug-likeness (QED) is 0.562. The van der Waals surface area contributed by atoms with Crippen LogP contribution in [0, 0.1) is 6.92 Å². The number of thiazole rings is 1. The second-order valence-electron chi connectivity index (χ2n) is 4.44. The highest BCUT2D eigenvalue weighted by atomic mass is 32.1. The molecule has 0 aliphatic carbocycles. The van der Waals surface area contributed by atoms with E-state index in [9.17, 15) is 9.90 Å². The molecule has 1 aromatic heterocycles. The van der Waals surface area contributed by atoms with Gasteiger partial charge in [0.1, 0.15) is 4.88 Å². The fraction of sp³-hybridized carbons (Fsp3) is 0.214. The van der Waals surface area contributed by atoms with Gasteiger partial charge in [0.05, 0.1) is 26.1 Å². The summed E-state index contributed by atoms with van der Waals surface area (Å²) < 4.78 is 10.1. The van der Waals surface area contributed by atoms with Gasteiger partial charge in [-0.15, -0.1) is 0 Å². The molecule has 4 N–H and O–H groups in total. The van der Waals surface area contributed by atoms with Gasteiger partial charge >= 0.3 is 0 Å². The third-order valence-electron chi connectivity index (χ3n) is 2.90. The van der Waals surface area contributed by atoms with E-state index in [1.54, 1.807) is 19.1 Å².